The Morgan fingerprint density at radius 1 is 1.20 bits per heavy atom. The Labute approximate surface area is 115 Å². The summed E-state index contributed by atoms with van der Waals surface area (Å²) in [6, 6.07) is 11.2. The molecule has 0 amide bonds. The first-order chi connectivity index (χ1) is 9.52. The van der Waals surface area contributed by atoms with Crippen molar-refractivity contribution in [2.45, 2.75) is 12.8 Å². The van der Waals surface area contributed by atoms with Crippen LogP contribution < -0.4 is 0 Å². The van der Waals surface area contributed by atoms with Gasteiger partial charge in [-0.1, -0.05) is 18.2 Å². The van der Waals surface area contributed by atoms with Crippen LogP contribution in [0.5, 0.6) is 0 Å². The molecule has 100 valence electrons. The van der Waals surface area contributed by atoms with E-state index in [1.54, 1.807) is 19.1 Å². The molecule has 2 aromatic carbocycles. The van der Waals surface area contributed by atoms with E-state index in [4.69, 9.17) is 5.26 Å². The molecule has 0 bridgehead atoms. The molecule has 0 aliphatic rings. The summed E-state index contributed by atoms with van der Waals surface area (Å²) >= 11 is 0. The van der Waals surface area contributed by atoms with Crippen LogP contribution in [0.2, 0.25) is 0 Å². The van der Waals surface area contributed by atoms with Crippen molar-refractivity contribution in [3.05, 3.63) is 70.8 Å². The van der Waals surface area contributed by atoms with Gasteiger partial charge >= 0.3 is 0 Å². The molecular formula is C16H11F2NO. The summed E-state index contributed by atoms with van der Waals surface area (Å²) < 4.78 is 27.0. The quantitative estimate of drug-likeness (QED) is 0.797. The van der Waals surface area contributed by atoms with Crippen LogP contribution in [0.15, 0.2) is 42.5 Å². The third-order valence-electron chi connectivity index (χ3n) is 2.96. The number of benzene rings is 2. The molecule has 0 radical (unpaired) electrons. The molecule has 0 fully saturated rings. The Hall–Kier alpha value is -2.54. The molecule has 0 heterocycles. The highest BCUT2D eigenvalue weighted by Gasteiger charge is 2.24. The molecule has 1 atom stereocenters. The fourth-order valence-corrected chi connectivity index (χ4v) is 1.95. The van der Waals surface area contributed by atoms with Crippen LogP contribution in [0, 0.1) is 29.9 Å². The fraction of sp³-hybridized carbons (Fsp3) is 0.125. The van der Waals surface area contributed by atoms with Gasteiger partial charge in [-0.25, -0.2) is 8.78 Å². The van der Waals surface area contributed by atoms with Crippen molar-refractivity contribution in [1.82, 2.24) is 0 Å². The van der Waals surface area contributed by atoms with Gasteiger partial charge in [0, 0.05) is 0 Å². The maximum Gasteiger partial charge on any atom is 0.187 e. The van der Waals surface area contributed by atoms with Crippen LogP contribution in [0.4, 0.5) is 8.78 Å². The lowest BCUT2D eigenvalue weighted by Gasteiger charge is -2.10. The molecular weight excluding hydrogens is 260 g/mol. The van der Waals surface area contributed by atoms with Crippen LogP contribution >= 0.6 is 0 Å². The topological polar surface area (TPSA) is 40.9 Å². The second-order valence-corrected chi connectivity index (χ2v) is 4.46. The lowest BCUT2D eigenvalue weighted by atomic mass is 9.91. The van der Waals surface area contributed by atoms with E-state index in [-0.39, 0.29) is 11.1 Å². The van der Waals surface area contributed by atoms with E-state index in [0.717, 1.165) is 6.07 Å². The van der Waals surface area contributed by atoms with E-state index in [1.807, 2.05) is 0 Å². The molecule has 1 unspecified atom stereocenters. The lowest BCUT2D eigenvalue weighted by molar-refractivity contribution is 0.0975. The van der Waals surface area contributed by atoms with E-state index >= 15 is 0 Å². The van der Waals surface area contributed by atoms with Gasteiger partial charge in [0.25, 0.3) is 0 Å². The van der Waals surface area contributed by atoms with Crippen molar-refractivity contribution in [3.63, 3.8) is 0 Å². The Morgan fingerprint density at radius 3 is 2.55 bits per heavy atom. The normalized spacial score (nSPS) is 11.7. The van der Waals surface area contributed by atoms with Gasteiger partial charge in [0.2, 0.25) is 0 Å². The largest absolute Gasteiger partial charge is 0.292 e. The third kappa shape index (κ3) is 2.72. The molecule has 0 saturated heterocycles. The standard InChI is InChI=1S/C16H11F2NO/c1-10-5-6-13(15(18)7-10)16(20)14(9-19)11-3-2-4-12(17)8-11/h2-8,14H,1H3. The summed E-state index contributed by atoms with van der Waals surface area (Å²) in [6.45, 7) is 1.70. The lowest BCUT2D eigenvalue weighted by Crippen LogP contribution is -2.13. The van der Waals surface area contributed by atoms with E-state index in [2.05, 4.69) is 0 Å². The van der Waals surface area contributed by atoms with Gasteiger partial charge in [-0.15, -0.1) is 0 Å². The first-order valence-electron chi connectivity index (χ1n) is 5.98. The average molecular weight is 271 g/mol. The molecule has 0 aliphatic carbocycles. The predicted molar refractivity (Wildman–Crippen MR) is 70.2 cm³/mol. The number of nitriles is 1. The average Bonchev–Trinajstić information content (AvgIpc) is 2.39. The van der Waals surface area contributed by atoms with Gasteiger partial charge < -0.3 is 0 Å². The first-order valence-corrected chi connectivity index (χ1v) is 5.98. The summed E-state index contributed by atoms with van der Waals surface area (Å²) in [5, 5.41) is 9.13. The minimum absolute atomic E-state index is 0.161. The number of hydrogen-bond donors (Lipinski definition) is 0. The molecule has 0 aromatic heterocycles. The Balaban J connectivity index is 2.42. The minimum Gasteiger partial charge on any atom is -0.292 e. The number of hydrogen-bond acceptors (Lipinski definition) is 2. The van der Waals surface area contributed by atoms with E-state index in [0.29, 0.717) is 5.56 Å². The van der Waals surface area contributed by atoms with Crippen LogP contribution in [-0.4, -0.2) is 5.78 Å². The van der Waals surface area contributed by atoms with Crippen molar-refractivity contribution in [1.29, 1.82) is 5.26 Å². The van der Waals surface area contributed by atoms with E-state index in [1.165, 1.54) is 30.3 Å². The van der Waals surface area contributed by atoms with Gasteiger partial charge in [-0.3, -0.25) is 4.79 Å². The predicted octanol–water partition coefficient (Wildman–Crippen LogP) is 3.76. The smallest absolute Gasteiger partial charge is 0.187 e. The number of carbonyl (C=O) groups excluding carboxylic acids is 1. The SMILES string of the molecule is Cc1ccc(C(=O)C(C#N)c2cccc(F)c2)c(F)c1. The Morgan fingerprint density at radius 2 is 1.95 bits per heavy atom. The number of carbonyl (C=O) groups is 1. The Bertz CT molecular complexity index is 704. The summed E-state index contributed by atoms with van der Waals surface area (Å²) in [4.78, 5) is 12.2. The molecule has 0 aliphatic heterocycles. The van der Waals surface area contributed by atoms with Crippen LogP contribution in [0.1, 0.15) is 27.4 Å². The Kier molecular flexibility index (Phi) is 3.90. The molecule has 0 spiro atoms. The van der Waals surface area contributed by atoms with Crippen LogP contribution in [0.3, 0.4) is 0 Å². The third-order valence-corrected chi connectivity index (χ3v) is 2.96. The molecule has 2 rings (SSSR count). The minimum atomic E-state index is -1.22. The van der Waals surface area contributed by atoms with Crippen LogP contribution in [0.25, 0.3) is 0 Å². The first kappa shape index (κ1) is 13.9. The summed E-state index contributed by atoms with van der Waals surface area (Å²) in [7, 11) is 0. The summed E-state index contributed by atoms with van der Waals surface area (Å²) in [5.74, 6) is -3.11. The number of rotatable bonds is 3. The van der Waals surface area contributed by atoms with Gasteiger partial charge in [0.05, 0.1) is 11.6 Å². The molecule has 0 N–H and O–H groups in total. The number of ketones is 1. The molecule has 2 nitrogen and oxygen atoms in total. The molecule has 4 heteroatoms. The zero-order valence-electron chi connectivity index (χ0n) is 10.7. The van der Waals surface area contributed by atoms with Crippen molar-refractivity contribution in [2.24, 2.45) is 0 Å². The highest BCUT2D eigenvalue weighted by molar-refractivity contribution is 6.03. The van der Waals surface area contributed by atoms with Gasteiger partial charge in [-0.05, 0) is 42.3 Å². The maximum absolute atomic E-state index is 13.8. The maximum atomic E-state index is 13.8. The molecule has 2 aromatic rings. The number of halogens is 2. The van der Waals surface area contributed by atoms with Crippen molar-refractivity contribution in [3.8, 4) is 6.07 Å². The van der Waals surface area contributed by atoms with Crippen molar-refractivity contribution in [2.75, 3.05) is 0 Å². The van der Waals surface area contributed by atoms with Crippen molar-refractivity contribution >= 4 is 5.78 Å². The van der Waals surface area contributed by atoms with Gasteiger partial charge in [0.1, 0.15) is 17.6 Å². The second kappa shape index (κ2) is 5.62. The summed E-state index contributed by atoms with van der Waals surface area (Å²) in [5.41, 5.74) is 0.738. The molecule has 20 heavy (non-hydrogen) atoms. The summed E-state index contributed by atoms with van der Waals surface area (Å²) in [6.07, 6.45) is 0. The molecule has 0 saturated carbocycles. The number of aryl methyl sites for hydroxylation is 1. The number of Topliss-reactive ketones (excluding diaryl/α,β-unsaturated/α-hetero) is 1. The van der Waals surface area contributed by atoms with Gasteiger partial charge in [-0.2, -0.15) is 5.26 Å². The van der Waals surface area contributed by atoms with E-state index < -0.39 is 23.3 Å². The highest BCUT2D eigenvalue weighted by atomic mass is 19.1. The van der Waals surface area contributed by atoms with E-state index in [9.17, 15) is 13.6 Å². The zero-order valence-corrected chi connectivity index (χ0v) is 10.7. The highest BCUT2D eigenvalue weighted by Crippen LogP contribution is 2.23. The fourth-order valence-electron chi connectivity index (χ4n) is 1.95. The van der Waals surface area contributed by atoms with Crippen molar-refractivity contribution < 1.29 is 13.6 Å². The zero-order chi connectivity index (χ0) is 14.7. The number of nitrogens with zero attached hydrogens (tertiary/aromatic N) is 1. The monoisotopic (exact) mass is 271 g/mol. The van der Waals surface area contributed by atoms with Crippen LogP contribution in [-0.2, 0) is 0 Å². The van der Waals surface area contributed by atoms with Gasteiger partial charge in [0.15, 0.2) is 5.78 Å². The second-order valence-electron chi connectivity index (χ2n) is 4.46.